The molecule has 3 aromatic rings. The fourth-order valence-corrected chi connectivity index (χ4v) is 2.62. The maximum atomic E-state index is 12.2. The summed E-state index contributed by atoms with van der Waals surface area (Å²) in [4.78, 5) is 30.9. The molecule has 1 aromatic heterocycles. The smallest absolute Gasteiger partial charge is 0.331 e. The van der Waals surface area contributed by atoms with Crippen LogP contribution >= 0.6 is 0 Å². The zero-order valence-electron chi connectivity index (χ0n) is 14.1. The van der Waals surface area contributed by atoms with Gasteiger partial charge in [0.25, 0.3) is 5.56 Å². The molecule has 2 aromatic carbocycles. The number of nitrogens with one attached hydrogen (secondary N) is 1. The number of anilines is 1. The van der Waals surface area contributed by atoms with Crippen LogP contribution in [0.3, 0.4) is 0 Å². The van der Waals surface area contributed by atoms with Crippen LogP contribution in [0.5, 0.6) is 5.88 Å². The van der Waals surface area contributed by atoms with Crippen molar-refractivity contribution in [3.8, 4) is 5.88 Å². The average Bonchev–Trinajstić information content (AvgIpc) is 2.61. The number of hydrogen-bond acceptors (Lipinski definition) is 5. The second-order valence-electron chi connectivity index (χ2n) is 5.79. The van der Waals surface area contributed by atoms with Gasteiger partial charge in [0.1, 0.15) is 5.56 Å². The second-order valence-corrected chi connectivity index (χ2v) is 5.79. The highest BCUT2D eigenvalue weighted by Gasteiger charge is 2.17. The summed E-state index contributed by atoms with van der Waals surface area (Å²) in [5, 5.41) is 10.6. The summed E-state index contributed by atoms with van der Waals surface area (Å²) in [6, 6.07) is 16.1. The van der Waals surface area contributed by atoms with E-state index in [0.29, 0.717) is 11.4 Å². The molecule has 4 N–H and O–H groups in total. The molecule has 0 radical (unpaired) electrons. The first-order valence-corrected chi connectivity index (χ1v) is 7.97. The molecule has 7 heteroatoms. The lowest BCUT2D eigenvalue weighted by Crippen LogP contribution is -2.33. The molecule has 0 aliphatic carbocycles. The Morgan fingerprint density at radius 1 is 1.12 bits per heavy atom. The predicted octanol–water partition coefficient (Wildman–Crippen LogP) is 2.01. The van der Waals surface area contributed by atoms with E-state index in [2.05, 4.69) is 9.98 Å². The predicted molar refractivity (Wildman–Crippen MR) is 101 cm³/mol. The van der Waals surface area contributed by atoms with Gasteiger partial charge in [-0.25, -0.2) is 4.79 Å². The van der Waals surface area contributed by atoms with Crippen molar-refractivity contribution >= 4 is 17.1 Å². The van der Waals surface area contributed by atoms with Crippen LogP contribution in [0.2, 0.25) is 0 Å². The largest absolute Gasteiger partial charge is 0.494 e. The van der Waals surface area contributed by atoms with Gasteiger partial charge in [0.2, 0.25) is 5.88 Å². The van der Waals surface area contributed by atoms with E-state index < -0.39 is 17.1 Å². The molecule has 0 saturated heterocycles. The molecule has 0 spiro atoms. The van der Waals surface area contributed by atoms with Gasteiger partial charge in [0.05, 0.1) is 23.6 Å². The van der Waals surface area contributed by atoms with Crippen molar-refractivity contribution in [3.05, 3.63) is 86.6 Å². The molecule has 132 valence electrons. The van der Waals surface area contributed by atoms with Crippen LogP contribution in [0.15, 0.2) is 69.2 Å². The molecule has 0 unspecified atom stereocenters. The molecular weight excluding hydrogens is 332 g/mol. The summed E-state index contributed by atoms with van der Waals surface area (Å²) >= 11 is 0. The maximum absolute atomic E-state index is 12.2. The minimum Gasteiger partial charge on any atom is -0.494 e. The van der Waals surface area contributed by atoms with Crippen LogP contribution in [-0.4, -0.2) is 20.4 Å². The Morgan fingerprint density at radius 3 is 2.46 bits per heavy atom. The summed E-state index contributed by atoms with van der Waals surface area (Å²) in [6.45, 7) is 1.70. The van der Waals surface area contributed by atoms with Gasteiger partial charge in [-0.1, -0.05) is 42.5 Å². The van der Waals surface area contributed by atoms with E-state index in [-0.39, 0.29) is 17.8 Å². The minimum atomic E-state index is -0.701. The fourth-order valence-electron chi connectivity index (χ4n) is 2.62. The number of nitrogens with two attached hydrogens (primary N) is 1. The van der Waals surface area contributed by atoms with Gasteiger partial charge in [-0.3, -0.25) is 19.3 Å². The van der Waals surface area contributed by atoms with Crippen LogP contribution in [0.1, 0.15) is 18.1 Å². The molecule has 3 rings (SSSR count). The van der Waals surface area contributed by atoms with Crippen LogP contribution in [0.4, 0.5) is 11.4 Å². The molecule has 1 heterocycles. The zero-order valence-corrected chi connectivity index (χ0v) is 14.1. The molecule has 0 saturated carbocycles. The third kappa shape index (κ3) is 3.41. The third-order valence-electron chi connectivity index (χ3n) is 3.94. The molecule has 0 aliphatic heterocycles. The Hall–Kier alpha value is -3.61. The number of aromatic amines is 1. The van der Waals surface area contributed by atoms with Gasteiger partial charge < -0.3 is 10.8 Å². The number of aromatic nitrogens is 2. The van der Waals surface area contributed by atoms with Gasteiger partial charge in [-0.15, -0.1) is 0 Å². The van der Waals surface area contributed by atoms with Gasteiger partial charge >= 0.3 is 5.69 Å². The fraction of sp³-hybridized carbons (Fsp3) is 0.105. The first-order valence-electron chi connectivity index (χ1n) is 7.97. The number of aromatic hydroxyl groups is 1. The van der Waals surface area contributed by atoms with E-state index in [9.17, 15) is 14.7 Å². The highest BCUT2D eigenvalue weighted by atomic mass is 16.3. The zero-order chi connectivity index (χ0) is 18.7. The molecular formula is C19H18N4O3. The van der Waals surface area contributed by atoms with Crippen molar-refractivity contribution < 1.29 is 5.11 Å². The summed E-state index contributed by atoms with van der Waals surface area (Å²) in [6.07, 6.45) is 0. The summed E-state index contributed by atoms with van der Waals surface area (Å²) in [5.41, 5.74) is 6.40. The number of para-hydroxylation sites is 2. The second kappa shape index (κ2) is 7.10. The van der Waals surface area contributed by atoms with E-state index >= 15 is 0 Å². The van der Waals surface area contributed by atoms with Gasteiger partial charge in [0, 0.05) is 0 Å². The number of rotatable bonds is 4. The molecule has 0 atom stereocenters. The van der Waals surface area contributed by atoms with Crippen LogP contribution in [-0.2, 0) is 6.54 Å². The molecule has 0 amide bonds. The third-order valence-corrected chi connectivity index (χ3v) is 3.94. The Bertz CT molecular complexity index is 1080. The average molecular weight is 350 g/mol. The minimum absolute atomic E-state index is 0.0659. The first-order chi connectivity index (χ1) is 12.5. The molecule has 0 fully saturated rings. The quantitative estimate of drug-likeness (QED) is 0.493. The van der Waals surface area contributed by atoms with E-state index in [1.807, 2.05) is 30.3 Å². The summed E-state index contributed by atoms with van der Waals surface area (Å²) in [7, 11) is 0. The molecule has 7 nitrogen and oxygen atoms in total. The Morgan fingerprint density at radius 2 is 1.77 bits per heavy atom. The molecule has 26 heavy (non-hydrogen) atoms. The lowest BCUT2D eigenvalue weighted by atomic mass is 10.2. The van der Waals surface area contributed by atoms with Crippen molar-refractivity contribution in [1.82, 2.24) is 9.55 Å². The number of benzene rings is 2. The number of hydrogen-bond donors (Lipinski definition) is 3. The van der Waals surface area contributed by atoms with E-state index in [1.54, 1.807) is 31.2 Å². The Labute approximate surface area is 149 Å². The van der Waals surface area contributed by atoms with E-state index in [0.717, 1.165) is 10.1 Å². The van der Waals surface area contributed by atoms with Crippen LogP contribution in [0, 0.1) is 0 Å². The topological polar surface area (TPSA) is 113 Å². The lowest BCUT2D eigenvalue weighted by molar-refractivity contribution is 0.408. The highest BCUT2D eigenvalue weighted by Crippen LogP contribution is 2.23. The van der Waals surface area contributed by atoms with E-state index in [1.165, 1.54) is 0 Å². The number of H-pyrrole nitrogens is 1. The van der Waals surface area contributed by atoms with Crippen LogP contribution in [0.25, 0.3) is 0 Å². The van der Waals surface area contributed by atoms with Gasteiger partial charge in [-0.2, -0.15) is 0 Å². The normalized spacial score (nSPS) is 11.5. The lowest BCUT2D eigenvalue weighted by Gasteiger charge is -2.11. The monoisotopic (exact) mass is 350 g/mol. The summed E-state index contributed by atoms with van der Waals surface area (Å²) < 4.78 is 1.10. The van der Waals surface area contributed by atoms with E-state index in [4.69, 9.17) is 5.73 Å². The van der Waals surface area contributed by atoms with Crippen molar-refractivity contribution in [1.29, 1.82) is 0 Å². The maximum Gasteiger partial charge on any atom is 0.331 e. The van der Waals surface area contributed by atoms with Gasteiger partial charge in [-0.05, 0) is 24.6 Å². The van der Waals surface area contributed by atoms with Crippen molar-refractivity contribution in [2.75, 3.05) is 5.73 Å². The molecule has 0 bridgehead atoms. The Balaban J connectivity index is 2.11. The number of nitrogens with zero attached hydrogens (tertiary/aromatic N) is 2. The standard InChI is InChI=1S/C19H18N4O3/c1-12(21-15-10-6-5-9-14(15)20)16-17(24)22-19(26)23(18(16)25)11-13-7-3-2-4-8-13/h2-10,25H,11,20H2,1H3,(H,22,24,26). The van der Waals surface area contributed by atoms with Crippen molar-refractivity contribution in [3.63, 3.8) is 0 Å². The van der Waals surface area contributed by atoms with Crippen molar-refractivity contribution in [2.24, 2.45) is 4.99 Å². The SMILES string of the molecule is CC(=Nc1ccccc1N)c1c(O)n(Cc2ccccc2)c(=O)[nH]c1=O. The summed E-state index contributed by atoms with van der Waals surface area (Å²) in [5.74, 6) is -0.432. The first kappa shape index (κ1) is 17.2. The van der Waals surface area contributed by atoms with Crippen molar-refractivity contribution in [2.45, 2.75) is 13.5 Å². The van der Waals surface area contributed by atoms with Gasteiger partial charge in [0.15, 0.2) is 0 Å². The van der Waals surface area contributed by atoms with Crippen LogP contribution < -0.4 is 17.0 Å². The number of aliphatic imine (C=N–C) groups is 1. The molecule has 0 aliphatic rings. The highest BCUT2D eigenvalue weighted by molar-refractivity contribution is 6.02. The Kier molecular flexibility index (Phi) is 4.70. The number of nitrogen functional groups attached to an aromatic ring is 1.